The third-order valence-corrected chi connectivity index (χ3v) is 5.29. The Balaban J connectivity index is 1.53. The molecule has 0 bridgehead atoms. The van der Waals surface area contributed by atoms with Crippen molar-refractivity contribution in [2.24, 2.45) is 0 Å². The molecule has 0 aliphatic heterocycles. The van der Waals surface area contributed by atoms with Crippen LogP contribution in [0.1, 0.15) is 37.3 Å². The minimum Gasteiger partial charge on any atom is -0.448 e. The van der Waals surface area contributed by atoms with Gasteiger partial charge in [0.1, 0.15) is 6.26 Å². The predicted octanol–water partition coefficient (Wildman–Crippen LogP) is 4.71. The number of aryl methyl sites for hydroxylation is 3. The van der Waals surface area contributed by atoms with Crippen LogP contribution in [0.4, 0.5) is 11.4 Å². The summed E-state index contributed by atoms with van der Waals surface area (Å²) in [6.07, 6.45) is 1.30. The van der Waals surface area contributed by atoms with Gasteiger partial charge in [-0.3, -0.25) is 9.59 Å². The first-order chi connectivity index (χ1) is 13.9. The average molecular weight is 406 g/mol. The first-order valence-corrected chi connectivity index (χ1v) is 9.73. The van der Waals surface area contributed by atoms with Crippen LogP contribution in [-0.2, 0) is 0 Å². The summed E-state index contributed by atoms with van der Waals surface area (Å²) in [5.74, 6) is -0.250. The molecule has 4 aromatic rings. The number of carbonyl (C=O) groups excluding carboxylic acids is 2. The molecule has 7 nitrogen and oxygen atoms in total. The largest absolute Gasteiger partial charge is 0.448 e. The second-order valence-corrected chi connectivity index (χ2v) is 7.84. The number of hydrogen-bond donors (Lipinski definition) is 2. The van der Waals surface area contributed by atoms with E-state index < -0.39 is 5.91 Å². The molecule has 2 amide bonds. The molecule has 0 aliphatic carbocycles. The highest BCUT2D eigenvalue weighted by atomic mass is 32.1. The Bertz CT molecular complexity index is 1240. The van der Waals surface area contributed by atoms with Crippen molar-refractivity contribution in [3.05, 3.63) is 70.4 Å². The summed E-state index contributed by atoms with van der Waals surface area (Å²) in [6.45, 7) is 5.47. The van der Waals surface area contributed by atoms with E-state index >= 15 is 0 Å². The molecule has 146 valence electrons. The van der Waals surface area contributed by atoms with Crippen molar-refractivity contribution in [2.75, 3.05) is 10.6 Å². The van der Waals surface area contributed by atoms with Crippen molar-refractivity contribution in [1.82, 2.24) is 9.97 Å². The molecule has 0 saturated carbocycles. The zero-order chi connectivity index (χ0) is 20.5. The Labute approximate surface area is 170 Å². The van der Waals surface area contributed by atoms with Gasteiger partial charge in [-0.1, -0.05) is 6.07 Å². The van der Waals surface area contributed by atoms with Crippen LogP contribution in [0.2, 0.25) is 0 Å². The lowest BCUT2D eigenvalue weighted by atomic mass is 10.1. The molecule has 0 fully saturated rings. The molecule has 2 N–H and O–H groups in total. The van der Waals surface area contributed by atoms with Crippen LogP contribution in [0.5, 0.6) is 0 Å². The van der Waals surface area contributed by atoms with Crippen LogP contribution in [-0.4, -0.2) is 21.8 Å². The number of nitrogens with one attached hydrogen (secondary N) is 2. The standard InChI is InChI=1S/C21H18N4O3S/c1-11-4-5-14(8-17(11)25-21(27)18-10-28-12(2)22-18)20(26)24-15-6-7-16-19(9-15)29-13(3)23-16/h4-10H,1-3H3,(H,24,26)(H,25,27). The third-order valence-electron chi connectivity index (χ3n) is 4.35. The van der Waals surface area contributed by atoms with Crippen LogP contribution in [0.15, 0.2) is 47.1 Å². The van der Waals surface area contributed by atoms with Crippen molar-refractivity contribution < 1.29 is 14.0 Å². The van der Waals surface area contributed by atoms with Gasteiger partial charge in [-0.05, 0) is 49.7 Å². The highest BCUT2D eigenvalue weighted by Crippen LogP contribution is 2.25. The van der Waals surface area contributed by atoms with E-state index in [1.807, 2.05) is 32.0 Å². The smallest absolute Gasteiger partial charge is 0.277 e. The summed E-state index contributed by atoms with van der Waals surface area (Å²) in [5.41, 5.74) is 3.59. The summed E-state index contributed by atoms with van der Waals surface area (Å²) < 4.78 is 6.09. The summed E-state index contributed by atoms with van der Waals surface area (Å²) in [6, 6.07) is 10.8. The Hall–Kier alpha value is -3.52. The normalized spacial score (nSPS) is 10.9. The number of carbonyl (C=O) groups is 2. The fourth-order valence-electron chi connectivity index (χ4n) is 2.87. The number of fused-ring (bicyclic) bond motifs is 1. The molecule has 8 heteroatoms. The SMILES string of the molecule is Cc1nc(C(=O)Nc2cc(C(=O)Nc3ccc4nc(C)sc4c3)ccc2C)co1. The molecule has 0 unspecified atom stereocenters. The van der Waals surface area contributed by atoms with Crippen LogP contribution in [0.25, 0.3) is 10.2 Å². The van der Waals surface area contributed by atoms with Crippen LogP contribution < -0.4 is 10.6 Å². The molecule has 0 aliphatic rings. The van der Waals surface area contributed by atoms with Gasteiger partial charge in [0.05, 0.1) is 15.2 Å². The summed E-state index contributed by atoms with van der Waals surface area (Å²) in [5, 5.41) is 6.65. The molecule has 0 atom stereocenters. The lowest BCUT2D eigenvalue weighted by Gasteiger charge is -2.10. The molecule has 2 aromatic carbocycles. The maximum atomic E-state index is 12.7. The van der Waals surface area contributed by atoms with Crippen molar-refractivity contribution in [1.29, 1.82) is 0 Å². The number of amides is 2. The molecule has 29 heavy (non-hydrogen) atoms. The molecule has 4 rings (SSSR count). The van der Waals surface area contributed by atoms with E-state index in [0.717, 1.165) is 20.8 Å². The molecule has 0 saturated heterocycles. The number of nitrogens with zero attached hydrogens (tertiary/aromatic N) is 2. The van der Waals surface area contributed by atoms with E-state index in [4.69, 9.17) is 4.42 Å². The van der Waals surface area contributed by atoms with Crippen LogP contribution in [0.3, 0.4) is 0 Å². The van der Waals surface area contributed by atoms with Crippen LogP contribution in [0, 0.1) is 20.8 Å². The monoisotopic (exact) mass is 406 g/mol. The Morgan fingerprint density at radius 3 is 2.55 bits per heavy atom. The van der Waals surface area contributed by atoms with Crippen molar-refractivity contribution >= 4 is 44.7 Å². The van der Waals surface area contributed by atoms with E-state index in [2.05, 4.69) is 20.6 Å². The zero-order valence-corrected chi connectivity index (χ0v) is 16.9. The number of anilines is 2. The van der Waals surface area contributed by atoms with Gasteiger partial charge in [-0.15, -0.1) is 11.3 Å². The first-order valence-electron chi connectivity index (χ1n) is 8.92. The van der Waals surface area contributed by atoms with Crippen molar-refractivity contribution in [2.45, 2.75) is 20.8 Å². The minimum absolute atomic E-state index is 0.185. The number of rotatable bonds is 4. The van der Waals surface area contributed by atoms with E-state index in [1.165, 1.54) is 6.26 Å². The maximum absolute atomic E-state index is 12.7. The highest BCUT2D eigenvalue weighted by molar-refractivity contribution is 7.18. The molecule has 0 spiro atoms. The summed E-state index contributed by atoms with van der Waals surface area (Å²) in [4.78, 5) is 33.5. The van der Waals surface area contributed by atoms with Gasteiger partial charge in [0.2, 0.25) is 0 Å². The van der Waals surface area contributed by atoms with Gasteiger partial charge in [0.25, 0.3) is 11.8 Å². The quantitative estimate of drug-likeness (QED) is 0.511. The fraction of sp³-hybridized carbons (Fsp3) is 0.143. The predicted molar refractivity (Wildman–Crippen MR) is 113 cm³/mol. The zero-order valence-electron chi connectivity index (χ0n) is 16.1. The summed E-state index contributed by atoms with van der Waals surface area (Å²) in [7, 11) is 0. The van der Waals surface area contributed by atoms with E-state index in [1.54, 1.807) is 36.5 Å². The molecule has 2 heterocycles. The molecule has 2 aromatic heterocycles. The van der Waals surface area contributed by atoms with E-state index in [9.17, 15) is 9.59 Å². The number of thiazole rings is 1. The minimum atomic E-state index is -0.395. The summed E-state index contributed by atoms with van der Waals surface area (Å²) >= 11 is 1.58. The number of hydrogen-bond acceptors (Lipinski definition) is 6. The molecular formula is C21H18N4O3S. The third kappa shape index (κ3) is 4.02. The second-order valence-electron chi connectivity index (χ2n) is 6.61. The van der Waals surface area contributed by atoms with E-state index in [0.29, 0.717) is 22.8 Å². The highest BCUT2D eigenvalue weighted by Gasteiger charge is 2.14. The Morgan fingerprint density at radius 2 is 1.79 bits per heavy atom. The number of benzene rings is 2. The maximum Gasteiger partial charge on any atom is 0.277 e. The lowest BCUT2D eigenvalue weighted by molar-refractivity contribution is 0.101. The lowest BCUT2D eigenvalue weighted by Crippen LogP contribution is -2.16. The van der Waals surface area contributed by atoms with Gasteiger partial charge in [-0.25, -0.2) is 9.97 Å². The van der Waals surface area contributed by atoms with Gasteiger partial charge >= 0.3 is 0 Å². The first kappa shape index (κ1) is 18.8. The Morgan fingerprint density at radius 1 is 0.966 bits per heavy atom. The number of oxazole rings is 1. The topological polar surface area (TPSA) is 97.1 Å². The molecular weight excluding hydrogens is 388 g/mol. The van der Waals surface area contributed by atoms with Crippen molar-refractivity contribution in [3.8, 4) is 0 Å². The van der Waals surface area contributed by atoms with Gasteiger partial charge in [0, 0.05) is 23.9 Å². The van der Waals surface area contributed by atoms with E-state index in [-0.39, 0.29) is 11.6 Å². The fourth-order valence-corrected chi connectivity index (χ4v) is 3.74. The number of aromatic nitrogens is 2. The van der Waals surface area contributed by atoms with Gasteiger partial charge < -0.3 is 15.1 Å². The van der Waals surface area contributed by atoms with Crippen LogP contribution >= 0.6 is 11.3 Å². The van der Waals surface area contributed by atoms with Gasteiger partial charge in [0.15, 0.2) is 11.6 Å². The van der Waals surface area contributed by atoms with Crippen molar-refractivity contribution in [3.63, 3.8) is 0 Å². The average Bonchev–Trinajstić information content (AvgIpc) is 3.27. The Kier molecular flexibility index (Phi) is 4.85. The molecule has 0 radical (unpaired) electrons. The van der Waals surface area contributed by atoms with Gasteiger partial charge in [-0.2, -0.15) is 0 Å². The second kappa shape index (κ2) is 7.48.